The SMILES string of the molecule is Cc1noc(NS(=O)(=O)c2ccc(NC(=S)/N=C/C(C(=O)c3ccccc3)=C(/O)c3ccccc3)cc2)c1C. The van der Waals surface area contributed by atoms with Gasteiger partial charge in [-0.1, -0.05) is 65.8 Å². The van der Waals surface area contributed by atoms with Crippen molar-refractivity contribution < 1.29 is 22.8 Å². The molecule has 1 heterocycles. The Labute approximate surface area is 231 Å². The topological polar surface area (TPSA) is 134 Å². The van der Waals surface area contributed by atoms with Crippen LogP contribution in [-0.4, -0.2) is 35.8 Å². The van der Waals surface area contributed by atoms with Gasteiger partial charge in [0.2, 0.25) is 5.88 Å². The van der Waals surface area contributed by atoms with Crippen molar-refractivity contribution in [2.45, 2.75) is 18.7 Å². The van der Waals surface area contributed by atoms with E-state index in [9.17, 15) is 18.3 Å². The average molecular weight is 561 g/mol. The molecule has 9 nitrogen and oxygen atoms in total. The highest BCUT2D eigenvalue weighted by Crippen LogP contribution is 2.23. The van der Waals surface area contributed by atoms with E-state index in [1.54, 1.807) is 74.5 Å². The number of aromatic nitrogens is 1. The second-order valence-corrected chi connectivity index (χ2v) is 10.4. The lowest BCUT2D eigenvalue weighted by Gasteiger charge is -2.09. The number of sulfonamides is 1. The fourth-order valence-corrected chi connectivity index (χ4v) is 4.63. The minimum atomic E-state index is -3.91. The van der Waals surface area contributed by atoms with E-state index >= 15 is 0 Å². The van der Waals surface area contributed by atoms with E-state index in [2.05, 4.69) is 20.2 Å². The van der Waals surface area contributed by atoms with Crippen LogP contribution in [0.2, 0.25) is 0 Å². The van der Waals surface area contributed by atoms with E-state index in [4.69, 9.17) is 16.7 Å². The molecule has 0 atom stereocenters. The van der Waals surface area contributed by atoms with Crippen molar-refractivity contribution in [1.29, 1.82) is 0 Å². The molecular weight excluding hydrogens is 536 g/mol. The van der Waals surface area contributed by atoms with Gasteiger partial charge in [-0.3, -0.25) is 4.79 Å². The molecule has 0 fully saturated rings. The molecule has 0 aliphatic heterocycles. The highest BCUT2D eigenvalue weighted by molar-refractivity contribution is 7.92. The smallest absolute Gasteiger partial charge is 0.264 e. The first-order valence-electron chi connectivity index (χ1n) is 11.6. The number of carbonyl (C=O) groups is 1. The fraction of sp³-hybridized carbons (Fsp3) is 0.0714. The first-order chi connectivity index (χ1) is 18.7. The van der Waals surface area contributed by atoms with Gasteiger partial charge in [0.15, 0.2) is 10.9 Å². The molecule has 0 spiro atoms. The number of hydrogen-bond donors (Lipinski definition) is 3. The van der Waals surface area contributed by atoms with Crippen molar-refractivity contribution in [3.8, 4) is 0 Å². The predicted molar refractivity (Wildman–Crippen MR) is 155 cm³/mol. The number of aliphatic imine (C=N–C) groups is 1. The Morgan fingerprint density at radius 3 is 2.10 bits per heavy atom. The number of aliphatic hydroxyl groups excluding tert-OH is 1. The van der Waals surface area contributed by atoms with Crippen LogP contribution < -0.4 is 10.0 Å². The van der Waals surface area contributed by atoms with E-state index in [1.165, 1.54) is 30.5 Å². The number of nitrogens with one attached hydrogen (secondary N) is 2. The van der Waals surface area contributed by atoms with Crippen LogP contribution in [0.5, 0.6) is 0 Å². The minimum Gasteiger partial charge on any atom is -0.506 e. The summed E-state index contributed by atoms with van der Waals surface area (Å²) in [5.41, 5.74) is 2.43. The third-order valence-corrected chi connectivity index (χ3v) is 7.25. The highest BCUT2D eigenvalue weighted by atomic mass is 32.2. The molecular formula is C28H24N4O5S2. The van der Waals surface area contributed by atoms with Crippen LogP contribution in [0.3, 0.4) is 0 Å². The van der Waals surface area contributed by atoms with Crippen LogP contribution in [-0.2, 0) is 10.0 Å². The Kier molecular flexibility index (Phi) is 8.33. The van der Waals surface area contributed by atoms with Gasteiger partial charge in [-0.15, -0.1) is 0 Å². The quantitative estimate of drug-likeness (QED) is 0.0820. The van der Waals surface area contributed by atoms with Crippen LogP contribution in [0.25, 0.3) is 5.76 Å². The molecule has 39 heavy (non-hydrogen) atoms. The number of allylic oxidation sites excluding steroid dienone is 1. The Morgan fingerprint density at radius 1 is 0.949 bits per heavy atom. The largest absolute Gasteiger partial charge is 0.506 e. The predicted octanol–water partition coefficient (Wildman–Crippen LogP) is 5.71. The number of Topliss-reactive ketones (excluding diaryl/α,β-unsaturated/α-hetero) is 1. The third kappa shape index (κ3) is 6.64. The number of rotatable bonds is 8. The molecule has 0 aliphatic rings. The zero-order valence-electron chi connectivity index (χ0n) is 21.0. The standard InChI is InChI=1S/C28H24N4O5S2/c1-18-19(2)31-37-27(18)32-39(35,36)23-15-13-22(14-16-23)30-28(38)29-17-24(25(33)20-9-5-3-6-10-20)26(34)21-11-7-4-8-12-21/h3-17,32-33H,1-2H3,(H,30,38)/b25-24-,29-17+. The van der Waals surface area contributed by atoms with Gasteiger partial charge in [-0.25, -0.2) is 18.1 Å². The molecule has 1 aromatic heterocycles. The maximum absolute atomic E-state index is 13.2. The van der Waals surface area contributed by atoms with Gasteiger partial charge in [-0.2, -0.15) is 0 Å². The number of nitrogens with zero attached hydrogens (tertiary/aromatic N) is 2. The molecule has 4 aromatic rings. The molecule has 198 valence electrons. The maximum atomic E-state index is 13.2. The number of benzene rings is 3. The number of hydrogen-bond acceptors (Lipinski definition) is 7. The van der Waals surface area contributed by atoms with E-state index < -0.39 is 15.8 Å². The number of carbonyl (C=O) groups excluding carboxylic acids is 1. The zero-order valence-corrected chi connectivity index (χ0v) is 22.6. The summed E-state index contributed by atoms with van der Waals surface area (Å²) < 4.78 is 32.8. The summed E-state index contributed by atoms with van der Waals surface area (Å²) in [4.78, 5) is 17.3. The van der Waals surface area contributed by atoms with Crippen LogP contribution >= 0.6 is 12.2 Å². The van der Waals surface area contributed by atoms with E-state index in [-0.39, 0.29) is 27.2 Å². The number of aliphatic hydroxyl groups is 1. The van der Waals surface area contributed by atoms with Crippen LogP contribution in [0.15, 0.2) is 105 Å². The fourth-order valence-electron chi connectivity index (χ4n) is 3.41. The third-order valence-electron chi connectivity index (χ3n) is 5.69. The molecule has 3 N–H and O–H groups in total. The van der Waals surface area contributed by atoms with Crippen LogP contribution in [0, 0.1) is 13.8 Å². The maximum Gasteiger partial charge on any atom is 0.264 e. The molecule has 4 rings (SSSR count). The van der Waals surface area contributed by atoms with Gasteiger partial charge >= 0.3 is 0 Å². The summed E-state index contributed by atoms with van der Waals surface area (Å²) in [6.45, 7) is 3.41. The number of anilines is 2. The van der Waals surface area contributed by atoms with Crippen molar-refractivity contribution in [2.24, 2.45) is 4.99 Å². The van der Waals surface area contributed by atoms with Crippen molar-refractivity contribution in [2.75, 3.05) is 10.0 Å². The van der Waals surface area contributed by atoms with Gasteiger partial charge in [0, 0.05) is 28.6 Å². The monoisotopic (exact) mass is 560 g/mol. The summed E-state index contributed by atoms with van der Waals surface area (Å²) in [6, 6.07) is 23.0. The summed E-state index contributed by atoms with van der Waals surface area (Å²) in [6.07, 6.45) is 1.21. The van der Waals surface area contributed by atoms with Gasteiger partial charge in [-0.05, 0) is 50.3 Å². The number of ketones is 1. The normalized spacial score (nSPS) is 12.2. The Balaban J connectivity index is 1.51. The van der Waals surface area contributed by atoms with Gasteiger partial charge < -0.3 is 14.9 Å². The highest BCUT2D eigenvalue weighted by Gasteiger charge is 2.20. The minimum absolute atomic E-state index is 0.00221. The Morgan fingerprint density at radius 2 is 1.54 bits per heavy atom. The molecule has 0 aliphatic carbocycles. The molecule has 0 radical (unpaired) electrons. The summed E-state index contributed by atoms with van der Waals surface area (Å²) in [7, 11) is -3.91. The van der Waals surface area contributed by atoms with Crippen molar-refractivity contribution in [3.05, 3.63) is 113 Å². The molecule has 3 aromatic carbocycles. The Bertz CT molecular complexity index is 1660. The van der Waals surface area contributed by atoms with E-state index in [0.717, 1.165) is 0 Å². The lowest BCUT2D eigenvalue weighted by molar-refractivity contribution is 0.104. The molecule has 11 heteroatoms. The van der Waals surface area contributed by atoms with E-state index in [0.29, 0.717) is 28.1 Å². The zero-order chi connectivity index (χ0) is 28.0. The van der Waals surface area contributed by atoms with E-state index in [1.807, 2.05) is 0 Å². The number of thiocarbonyl (C=S) groups is 1. The Hall–Kier alpha value is -4.61. The molecule has 0 saturated carbocycles. The summed E-state index contributed by atoms with van der Waals surface area (Å²) >= 11 is 5.30. The van der Waals surface area contributed by atoms with Crippen molar-refractivity contribution >= 4 is 56.7 Å². The second kappa shape index (κ2) is 11.8. The lowest BCUT2D eigenvalue weighted by atomic mass is 10.0. The van der Waals surface area contributed by atoms with Gasteiger partial charge in [0.05, 0.1) is 16.2 Å². The summed E-state index contributed by atoms with van der Waals surface area (Å²) in [5.74, 6) is -0.615. The van der Waals surface area contributed by atoms with Gasteiger partial charge in [0.1, 0.15) is 5.76 Å². The average Bonchev–Trinajstić information content (AvgIpc) is 3.25. The summed E-state index contributed by atoms with van der Waals surface area (Å²) in [5, 5.41) is 17.5. The number of aryl methyl sites for hydroxylation is 1. The van der Waals surface area contributed by atoms with Gasteiger partial charge in [0.25, 0.3) is 10.0 Å². The van der Waals surface area contributed by atoms with Crippen molar-refractivity contribution in [1.82, 2.24) is 5.16 Å². The first kappa shape index (κ1) is 27.4. The van der Waals surface area contributed by atoms with Crippen molar-refractivity contribution in [3.63, 3.8) is 0 Å². The molecule has 0 saturated heterocycles. The van der Waals surface area contributed by atoms with Crippen LogP contribution in [0.1, 0.15) is 27.2 Å². The molecule has 0 unspecified atom stereocenters. The molecule has 0 amide bonds. The molecule has 0 bridgehead atoms. The van der Waals surface area contributed by atoms with Crippen LogP contribution in [0.4, 0.5) is 11.6 Å². The lowest BCUT2D eigenvalue weighted by Crippen LogP contribution is -2.14. The first-order valence-corrected chi connectivity index (χ1v) is 13.5. The second-order valence-electron chi connectivity index (χ2n) is 8.36.